The topological polar surface area (TPSA) is 133 Å². The van der Waals surface area contributed by atoms with Crippen LogP contribution in [0.3, 0.4) is 0 Å². The Morgan fingerprint density at radius 1 is 0.974 bits per heavy atom. The van der Waals surface area contributed by atoms with Crippen LogP contribution >= 0.6 is 0 Å². The van der Waals surface area contributed by atoms with Gasteiger partial charge in [-0.25, -0.2) is 15.0 Å². The molecule has 0 radical (unpaired) electrons. The Kier molecular flexibility index (Phi) is 8.07. The zero-order chi connectivity index (χ0) is 28.3. The van der Waals surface area contributed by atoms with Gasteiger partial charge in [-0.3, -0.25) is 9.59 Å². The first-order chi connectivity index (χ1) is 17.6. The third-order valence-electron chi connectivity index (χ3n) is 4.51. The molecule has 2 N–H and O–H groups in total. The molecule has 2 heterocycles. The standard InChI is InChI=1S/C21H19F6N7O4/c1-4-28-19(36)15-8-30-16(9-29-15)34-17(32-11(3)33-34)10(2)31-18(35)12-5-13(37-20(22,23)24)7-14(6-12)38-21(25,26)27/h5-10H,4H2,1-3H3,(H,28,36)(H,31,35)/t10-/m0/s1. The van der Waals surface area contributed by atoms with Gasteiger partial charge < -0.3 is 20.1 Å². The number of carbonyl (C=O) groups excluding carboxylic acids is 2. The second-order valence-electron chi connectivity index (χ2n) is 7.53. The summed E-state index contributed by atoms with van der Waals surface area (Å²) in [6.07, 6.45) is -8.05. The number of alkyl halides is 6. The first kappa shape index (κ1) is 28.1. The fraction of sp³-hybridized carbons (Fsp3) is 0.333. The lowest BCUT2D eigenvalue weighted by Crippen LogP contribution is -2.29. The molecule has 1 atom stereocenters. The summed E-state index contributed by atoms with van der Waals surface area (Å²) in [5.74, 6) is -3.24. The molecule has 38 heavy (non-hydrogen) atoms. The highest BCUT2D eigenvalue weighted by Gasteiger charge is 2.34. The number of hydrogen-bond donors (Lipinski definition) is 2. The minimum Gasteiger partial charge on any atom is -0.406 e. The average molecular weight is 547 g/mol. The van der Waals surface area contributed by atoms with Crippen molar-refractivity contribution in [1.29, 1.82) is 0 Å². The molecule has 3 aromatic rings. The van der Waals surface area contributed by atoms with Crippen LogP contribution in [-0.2, 0) is 0 Å². The summed E-state index contributed by atoms with van der Waals surface area (Å²) in [5.41, 5.74) is -0.583. The molecule has 11 nitrogen and oxygen atoms in total. The molecular formula is C21H19F6N7O4. The van der Waals surface area contributed by atoms with Crippen LogP contribution in [0.2, 0.25) is 0 Å². The molecule has 3 rings (SSSR count). The highest BCUT2D eigenvalue weighted by molar-refractivity contribution is 5.95. The fourth-order valence-corrected chi connectivity index (χ4v) is 3.11. The quantitative estimate of drug-likeness (QED) is 0.410. The lowest BCUT2D eigenvalue weighted by atomic mass is 10.1. The maximum absolute atomic E-state index is 12.8. The van der Waals surface area contributed by atoms with Gasteiger partial charge >= 0.3 is 12.7 Å². The van der Waals surface area contributed by atoms with Gasteiger partial charge in [-0.2, -0.15) is 4.68 Å². The smallest absolute Gasteiger partial charge is 0.406 e. The van der Waals surface area contributed by atoms with Crippen LogP contribution < -0.4 is 20.1 Å². The highest BCUT2D eigenvalue weighted by Crippen LogP contribution is 2.31. The lowest BCUT2D eigenvalue weighted by molar-refractivity contribution is -0.276. The van der Waals surface area contributed by atoms with Crippen molar-refractivity contribution in [3.63, 3.8) is 0 Å². The normalized spacial score (nSPS) is 12.6. The van der Waals surface area contributed by atoms with E-state index in [-0.39, 0.29) is 23.2 Å². The molecule has 1 aromatic carbocycles. The van der Waals surface area contributed by atoms with E-state index in [4.69, 9.17) is 0 Å². The summed E-state index contributed by atoms with van der Waals surface area (Å²) < 4.78 is 84.5. The monoisotopic (exact) mass is 547 g/mol. The second kappa shape index (κ2) is 10.9. The highest BCUT2D eigenvalue weighted by atomic mass is 19.4. The number of hydrogen-bond acceptors (Lipinski definition) is 8. The Labute approximate surface area is 210 Å². The van der Waals surface area contributed by atoms with E-state index in [1.54, 1.807) is 6.92 Å². The Morgan fingerprint density at radius 3 is 2.08 bits per heavy atom. The van der Waals surface area contributed by atoms with Crippen LogP contribution in [0.4, 0.5) is 26.3 Å². The van der Waals surface area contributed by atoms with Crippen LogP contribution in [0.1, 0.15) is 52.4 Å². The molecule has 204 valence electrons. The van der Waals surface area contributed by atoms with Crippen molar-refractivity contribution in [2.45, 2.75) is 39.5 Å². The van der Waals surface area contributed by atoms with Gasteiger partial charge in [0.15, 0.2) is 11.6 Å². The molecular weight excluding hydrogens is 528 g/mol. The van der Waals surface area contributed by atoms with Gasteiger partial charge in [-0.15, -0.1) is 31.4 Å². The second-order valence-corrected chi connectivity index (χ2v) is 7.53. The van der Waals surface area contributed by atoms with Gasteiger partial charge in [0.05, 0.1) is 18.4 Å². The van der Waals surface area contributed by atoms with Gasteiger partial charge in [0.25, 0.3) is 11.8 Å². The van der Waals surface area contributed by atoms with Gasteiger partial charge in [-0.1, -0.05) is 0 Å². The van der Waals surface area contributed by atoms with Crippen LogP contribution in [0, 0.1) is 6.92 Å². The van der Waals surface area contributed by atoms with E-state index in [0.29, 0.717) is 24.7 Å². The number of amides is 2. The van der Waals surface area contributed by atoms with Gasteiger partial charge in [-0.05, 0) is 32.9 Å². The van der Waals surface area contributed by atoms with E-state index >= 15 is 0 Å². The van der Waals surface area contributed by atoms with Crippen molar-refractivity contribution in [2.75, 3.05) is 6.54 Å². The largest absolute Gasteiger partial charge is 0.573 e. The first-order valence-electron chi connectivity index (χ1n) is 10.7. The number of carbonyl (C=O) groups is 2. The van der Waals surface area contributed by atoms with Crippen molar-refractivity contribution in [3.8, 4) is 17.3 Å². The van der Waals surface area contributed by atoms with E-state index in [0.717, 1.165) is 0 Å². The number of nitrogens with zero attached hydrogens (tertiary/aromatic N) is 5. The Morgan fingerprint density at radius 2 is 1.58 bits per heavy atom. The third kappa shape index (κ3) is 7.53. The summed E-state index contributed by atoms with van der Waals surface area (Å²) in [5, 5.41) is 9.14. The molecule has 0 spiro atoms. The van der Waals surface area contributed by atoms with E-state index in [1.165, 1.54) is 30.9 Å². The molecule has 0 unspecified atom stereocenters. The molecule has 2 aromatic heterocycles. The number of rotatable bonds is 8. The minimum absolute atomic E-state index is 0.0353. The molecule has 0 fully saturated rings. The summed E-state index contributed by atoms with van der Waals surface area (Å²) in [6.45, 7) is 5.08. The number of ether oxygens (including phenoxy) is 2. The maximum Gasteiger partial charge on any atom is 0.573 e. The van der Waals surface area contributed by atoms with Crippen LogP contribution in [-0.4, -0.2) is 55.8 Å². The van der Waals surface area contributed by atoms with Gasteiger partial charge in [0.2, 0.25) is 0 Å². The van der Waals surface area contributed by atoms with Crippen molar-refractivity contribution in [2.24, 2.45) is 0 Å². The van der Waals surface area contributed by atoms with E-state index in [1.807, 2.05) is 0 Å². The van der Waals surface area contributed by atoms with Crippen molar-refractivity contribution in [1.82, 2.24) is 35.4 Å². The molecule has 0 aliphatic rings. The molecule has 0 saturated carbocycles. The predicted molar refractivity (Wildman–Crippen MR) is 115 cm³/mol. The molecule has 17 heteroatoms. The maximum atomic E-state index is 12.8. The number of aromatic nitrogens is 5. The fourth-order valence-electron chi connectivity index (χ4n) is 3.11. The van der Waals surface area contributed by atoms with Gasteiger partial charge in [0, 0.05) is 18.2 Å². The number of aryl methyl sites for hydroxylation is 1. The first-order valence-corrected chi connectivity index (χ1v) is 10.7. The zero-order valence-corrected chi connectivity index (χ0v) is 19.8. The molecule has 0 saturated heterocycles. The third-order valence-corrected chi connectivity index (χ3v) is 4.51. The molecule has 0 aliphatic heterocycles. The number of nitrogens with one attached hydrogen (secondary N) is 2. The predicted octanol–water partition coefficient (Wildman–Crippen LogP) is 3.40. The van der Waals surface area contributed by atoms with Crippen LogP contribution in [0.5, 0.6) is 11.5 Å². The van der Waals surface area contributed by atoms with Crippen molar-refractivity contribution < 1.29 is 45.4 Å². The number of halogens is 6. The number of benzene rings is 1. The zero-order valence-electron chi connectivity index (χ0n) is 19.8. The van der Waals surface area contributed by atoms with E-state index in [9.17, 15) is 35.9 Å². The summed E-state index contributed by atoms with van der Waals surface area (Å²) in [4.78, 5) is 37.0. The summed E-state index contributed by atoms with van der Waals surface area (Å²) in [6, 6.07) is 0.554. The SMILES string of the molecule is CCNC(=O)c1cnc(-n2nc(C)nc2[C@H](C)NC(=O)c2cc(OC(F)(F)F)cc(OC(F)(F)F)c2)cn1. The lowest BCUT2D eigenvalue weighted by Gasteiger charge is -2.17. The van der Waals surface area contributed by atoms with Crippen LogP contribution in [0.15, 0.2) is 30.6 Å². The van der Waals surface area contributed by atoms with Crippen molar-refractivity contribution >= 4 is 11.8 Å². The Balaban J connectivity index is 1.87. The van der Waals surface area contributed by atoms with E-state index in [2.05, 4.69) is 40.2 Å². The van der Waals surface area contributed by atoms with E-state index < -0.39 is 47.6 Å². The summed E-state index contributed by atoms with van der Waals surface area (Å²) in [7, 11) is 0. The molecule has 0 aliphatic carbocycles. The van der Waals surface area contributed by atoms with Crippen molar-refractivity contribution in [3.05, 3.63) is 53.5 Å². The van der Waals surface area contributed by atoms with Gasteiger partial charge in [0.1, 0.15) is 23.0 Å². The summed E-state index contributed by atoms with van der Waals surface area (Å²) >= 11 is 0. The molecule has 2 amide bonds. The average Bonchev–Trinajstić information content (AvgIpc) is 3.18. The minimum atomic E-state index is -5.24. The Bertz CT molecular complexity index is 1270. The Hall–Kier alpha value is -4.44. The molecule has 0 bridgehead atoms. The van der Waals surface area contributed by atoms with Crippen LogP contribution in [0.25, 0.3) is 5.82 Å².